The van der Waals surface area contributed by atoms with Crippen LogP contribution in [0.2, 0.25) is 0 Å². The predicted molar refractivity (Wildman–Crippen MR) is 37.9 cm³/mol. The Labute approximate surface area is 55.7 Å². The molecule has 0 amide bonds. The average Bonchev–Trinajstić information content (AvgIpc) is 1.84. The Bertz CT molecular complexity index is 143. The van der Waals surface area contributed by atoms with Gasteiger partial charge in [-0.3, -0.25) is 4.79 Å². The van der Waals surface area contributed by atoms with E-state index >= 15 is 0 Å². The van der Waals surface area contributed by atoms with Gasteiger partial charge >= 0.3 is 0 Å². The van der Waals surface area contributed by atoms with Gasteiger partial charge in [0.05, 0.1) is 0 Å². The molecule has 0 aliphatic heterocycles. The molecule has 0 saturated carbocycles. The van der Waals surface area contributed by atoms with Crippen LogP contribution in [0, 0.1) is 0 Å². The Morgan fingerprint density at radius 2 is 1.89 bits per heavy atom. The van der Waals surface area contributed by atoms with Gasteiger partial charge in [0.15, 0.2) is 5.78 Å². The summed E-state index contributed by atoms with van der Waals surface area (Å²) in [6.07, 6.45) is 0.542. The third-order valence-corrected chi connectivity index (χ3v) is 1.33. The molecule has 0 radical (unpaired) electrons. The Balaban J connectivity index is 4.21. The number of hydrogen-bond donors (Lipinski definition) is 1. The van der Waals surface area contributed by atoms with E-state index < -0.39 is 0 Å². The van der Waals surface area contributed by atoms with Gasteiger partial charge in [-0.05, 0) is 13.8 Å². The highest BCUT2D eigenvalue weighted by Gasteiger charge is 2.01. The highest BCUT2D eigenvalue weighted by atomic mass is 16.1. The van der Waals surface area contributed by atoms with Crippen molar-refractivity contribution in [2.75, 3.05) is 0 Å². The Hall–Kier alpha value is -0.790. The number of nitrogens with two attached hydrogens (primary N) is 1. The van der Waals surface area contributed by atoms with Gasteiger partial charge in [0.25, 0.3) is 0 Å². The minimum absolute atomic E-state index is 0.134. The van der Waals surface area contributed by atoms with Crippen molar-refractivity contribution in [3.63, 3.8) is 0 Å². The fraction of sp³-hybridized carbons (Fsp3) is 0.571. The maximum atomic E-state index is 10.8. The number of rotatable bonds is 2. The molecule has 2 heteroatoms. The number of hydrogen-bond acceptors (Lipinski definition) is 2. The fourth-order valence-electron chi connectivity index (χ4n) is 0.485. The molecule has 0 rings (SSSR count). The van der Waals surface area contributed by atoms with Crippen molar-refractivity contribution in [3.8, 4) is 0 Å². The molecule has 0 fully saturated rings. The number of carbonyl (C=O) groups is 1. The molecule has 9 heavy (non-hydrogen) atoms. The summed E-state index contributed by atoms with van der Waals surface area (Å²) in [7, 11) is 0. The van der Waals surface area contributed by atoms with Crippen LogP contribution < -0.4 is 5.73 Å². The van der Waals surface area contributed by atoms with Crippen LogP contribution in [-0.4, -0.2) is 5.78 Å². The molecule has 0 atom stereocenters. The summed E-state index contributed by atoms with van der Waals surface area (Å²) < 4.78 is 0. The van der Waals surface area contributed by atoms with Crippen molar-refractivity contribution in [2.24, 2.45) is 5.73 Å². The quantitative estimate of drug-likeness (QED) is 0.567. The first-order chi connectivity index (χ1) is 4.09. The second kappa shape index (κ2) is 3.28. The van der Waals surface area contributed by atoms with E-state index in [1.807, 2.05) is 6.92 Å². The molecule has 0 heterocycles. The number of ketones is 1. The Morgan fingerprint density at radius 1 is 1.44 bits per heavy atom. The minimum Gasteiger partial charge on any atom is -0.402 e. The van der Waals surface area contributed by atoms with E-state index in [1.54, 1.807) is 13.8 Å². The summed E-state index contributed by atoms with van der Waals surface area (Å²) in [6, 6.07) is 0. The third-order valence-electron chi connectivity index (χ3n) is 1.33. The Morgan fingerprint density at radius 3 is 2.00 bits per heavy atom. The molecule has 0 saturated heterocycles. The molecular formula is C7H13NO. The monoisotopic (exact) mass is 127 g/mol. The molecule has 0 aliphatic carbocycles. The molecule has 52 valence electrons. The standard InChI is InChI=1S/C7H13NO/c1-4-7(9)5(2)6(3)8/h4,8H2,1-3H3. The highest BCUT2D eigenvalue weighted by molar-refractivity contribution is 5.94. The first-order valence-corrected chi connectivity index (χ1v) is 3.05. The van der Waals surface area contributed by atoms with Crippen LogP contribution >= 0.6 is 0 Å². The van der Waals surface area contributed by atoms with E-state index in [0.29, 0.717) is 17.7 Å². The van der Waals surface area contributed by atoms with Crippen molar-refractivity contribution in [1.29, 1.82) is 0 Å². The normalized spacial score (nSPS) is 12.8. The molecule has 0 unspecified atom stereocenters. The van der Waals surface area contributed by atoms with Gasteiger partial charge in [0.1, 0.15) is 0 Å². The van der Waals surface area contributed by atoms with Gasteiger partial charge in [0.2, 0.25) is 0 Å². The zero-order valence-electron chi connectivity index (χ0n) is 6.19. The van der Waals surface area contributed by atoms with Gasteiger partial charge in [-0.15, -0.1) is 0 Å². The summed E-state index contributed by atoms with van der Waals surface area (Å²) in [5.41, 5.74) is 6.69. The summed E-state index contributed by atoms with van der Waals surface area (Å²) in [4.78, 5) is 10.8. The molecule has 2 nitrogen and oxygen atoms in total. The van der Waals surface area contributed by atoms with E-state index in [0.717, 1.165) is 0 Å². The lowest BCUT2D eigenvalue weighted by Gasteiger charge is -1.97. The van der Waals surface area contributed by atoms with Crippen molar-refractivity contribution in [3.05, 3.63) is 11.3 Å². The largest absolute Gasteiger partial charge is 0.402 e. The highest BCUT2D eigenvalue weighted by Crippen LogP contribution is 2.00. The topological polar surface area (TPSA) is 43.1 Å². The van der Waals surface area contributed by atoms with Gasteiger partial charge in [0, 0.05) is 17.7 Å². The van der Waals surface area contributed by atoms with Crippen molar-refractivity contribution < 1.29 is 4.79 Å². The van der Waals surface area contributed by atoms with Crippen LogP contribution in [0.5, 0.6) is 0 Å². The van der Waals surface area contributed by atoms with E-state index in [1.165, 1.54) is 0 Å². The first kappa shape index (κ1) is 8.21. The van der Waals surface area contributed by atoms with E-state index in [4.69, 9.17) is 5.73 Å². The molecule has 0 aromatic rings. The number of carbonyl (C=O) groups excluding carboxylic acids is 1. The molecular weight excluding hydrogens is 114 g/mol. The second-order valence-corrected chi connectivity index (χ2v) is 2.08. The summed E-state index contributed by atoms with van der Waals surface area (Å²) in [6.45, 7) is 5.32. The minimum atomic E-state index is 0.134. The number of Topliss-reactive ketones (excluding diaryl/α,β-unsaturated/α-hetero) is 1. The summed E-state index contributed by atoms with van der Waals surface area (Å²) in [5, 5.41) is 0. The fourth-order valence-corrected chi connectivity index (χ4v) is 0.485. The molecule has 0 aromatic carbocycles. The third kappa shape index (κ3) is 2.31. The van der Waals surface area contributed by atoms with Gasteiger partial charge in [-0.25, -0.2) is 0 Å². The molecule has 2 N–H and O–H groups in total. The van der Waals surface area contributed by atoms with E-state index in [2.05, 4.69) is 0 Å². The SMILES string of the molecule is CCC(=O)C(C)=C(C)N. The van der Waals surface area contributed by atoms with Gasteiger partial charge < -0.3 is 5.73 Å². The van der Waals surface area contributed by atoms with Crippen LogP contribution in [-0.2, 0) is 4.79 Å². The van der Waals surface area contributed by atoms with Crippen LogP contribution in [0.25, 0.3) is 0 Å². The maximum Gasteiger partial charge on any atom is 0.160 e. The first-order valence-electron chi connectivity index (χ1n) is 3.05. The van der Waals surface area contributed by atoms with Crippen LogP contribution in [0.1, 0.15) is 27.2 Å². The van der Waals surface area contributed by atoms with Crippen LogP contribution in [0.4, 0.5) is 0 Å². The van der Waals surface area contributed by atoms with Crippen molar-refractivity contribution >= 4 is 5.78 Å². The molecule has 0 bridgehead atoms. The lowest BCUT2D eigenvalue weighted by molar-refractivity contribution is -0.115. The second-order valence-electron chi connectivity index (χ2n) is 2.08. The molecule has 0 aliphatic rings. The van der Waals surface area contributed by atoms with E-state index in [-0.39, 0.29) is 5.78 Å². The summed E-state index contributed by atoms with van der Waals surface area (Å²) >= 11 is 0. The lowest BCUT2D eigenvalue weighted by atomic mass is 10.1. The molecule has 0 aromatic heterocycles. The lowest BCUT2D eigenvalue weighted by Crippen LogP contribution is -2.04. The Kier molecular flexibility index (Phi) is 2.99. The van der Waals surface area contributed by atoms with Crippen molar-refractivity contribution in [1.82, 2.24) is 0 Å². The average molecular weight is 127 g/mol. The summed E-state index contributed by atoms with van der Waals surface area (Å²) in [5.74, 6) is 0.134. The molecule has 0 spiro atoms. The van der Waals surface area contributed by atoms with Crippen molar-refractivity contribution in [2.45, 2.75) is 27.2 Å². The van der Waals surface area contributed by atoms with Crippen LogP contribution in [0.15, 0.2) is 11.3 Å². The smallest absolute Gasteiger partial charge is 0.160 e. The van der Waals surface area contributed by atoms with Gasteiger partial charge in [-0.2, -0.15) is 0 Å². The number of allylic oxidation sites excluding steroid dienone is 2. The van der Waals surface area contributed by atoms with Crippen LogP contribution in [0.3, 0.4) is 0 Å². The predicted octanol–water partition coefficient (Wildman–Crippen LogP) is 1.22. The zero-order valence-corrected chi connectivity index (χ0v) is 6.19. The van der Waals surface area contributed by atoms with E-state index in [9.17, 15) is 4.79 Å². The van der Waals surface area contributed by atoms with Gasteiger partial charge in [-0.1, -0.05) is 6.92 Å². The maximum absolute atomic E-state index is 10.8. The zero-order chi connectivity index (χ0) is 7.44.